The van der Waals surface area contributed by atoms with Gasteiger partial charge in [0, 0.05) is 6.42 Å². The Morgan fingerprint density at radius 3 is 2.25 bits per heavy atom. The van der Waals surface area contributed by atoms with Crippen molar-refractivity contribution in [3.63, 3.8) is 0 Å². The number of aliphatic carboxylic acids is 1. The van der Waals surface area contributed by atoms with E-state index in [1.54, 1.807) is 0 Å². The Balaban J connectivity index is 4.54. The van der Waals surface area contributed by atoms with Crippen LogP contribution in [0.25, 0.3) is 0 Å². The maximum absolute atomic E-state index is 11.7. The van der Waals surface area contributed by atoms with Gasteiger partial charge in [0.25, 0.3) is 0 Å². The van der Waals surface area contributed by atoms with Gasteiger partial charge < -0.3 is 25.9 Å². The molecule has 0 aliphatic carbocycles. The lowest BCUT2D eigenvalue weighted by atomic mass is 10.0. The van der Waals surface area contributed by atoms with Gasteiger partial charge in [0.05, 0.1) is 6.04 Å². The second-order valence-electron chi connectivity index (χ2n) is 5.14. The van der Waals surface area contributed by atoms with Crippen LogP contribution in [-0.2, 0) is 14.2 Å². The largest absolute Gasteiger partial charge is 0.481 e. The van der Waals surface area contributed by atoms with Gasteiger partial charge in [-0.25, -0.2) is 0 Å². The number of nitrogens with two attached hydrogens (primary N) is 1. The summed E-state index contributed by atoms with van der Waals surface area (Å²) in [4.78, 5) is 40.4. The summed E-state index contributed by atoms with van der Waals surface area (Å²) in [7, 11) is -4.54. The normalized spacial score (nSPS) is 14.9. The summed E-state index contributed by atoms with van der Waals surface area (Å²) in [5, 5.41) is 10.7. The highest BCUT2D eigenvalue weighted by atomic mass is 31.2. The maximum Gasteiger partial charge on any atom is 0.347 e. The van der Waals surface area contributed by atoms with Gasteiger partial charge in [0.15, 0.2) is 0 Å². The van der Waals surface area contributed by atoms with Crippen LogP contribution in [0.2, 0.25) is 0 Å². The van der Waals surface area contributed by atoms with Crippen molar-refractivity contribution in [1.82, 2.24) is 5.32 Å². The Bertz CT molecular complexity index is 381. The highest BCUT2D eigenvalue weighted by Crippen LogP contribution is 2.42. The van der Waals surface area contributed by atoms with Crippen molar-refractivity contribution in [1.29, 1.82) is 0 Å². The van der Waals surface area contributed by atoms with Crippen molar-refractivity contribution in [2.75, 3.05) is 0 Å². The Labute approximate surface area is 117 Å². The van der Waals surface area contributed by atoms with E-state index in [1.165, 1.54) is 0 Å². The number of amides is 1. The quantitative estimate of drug-likeness (QED) is 0.383. The molecule has 0 rings (SSSR count). The van der Waals surface area contributed by atoms with E-state index < -0.39 is 31.3 Å². The van der Waals surface area contributed by atoms with Gasteiger partial charge in [-0.3, -0.25) is 14.2 Å². The summed E-state index contributed by atoms with van der Waals surface area (Å²) < 4.78 is 11.3. The summed E-state index contributed by atoms with van der Waals surface area (Å²) in [6, 6.07) is -0.844. The highest BCUT2D eigenvalue weighted by Gasteiger charge is 2.31. The first-order valence-electron chi connectivity index (χ1n) is 6.37. The van der Waals surface area contributed by atoms with E-state index >= 15 is 0 Å². The van der Waals surface area contributed by atoms with Gasteiger partial charge in [-0.15, -0.1) is 0 Å². The molecular weight excluding hydrogens is 287 g/mol. The van der Waals surface area contributed by atoms with Gasteiger partial charge in [0.2, 0.25) is 5.91 Å². The minimum Gasteiger partial charge on any atom is -0.481 e. The molecule has 0 aliphatic heterocycles. The number of carbonyl (C=O) groups excluding carboxylic acids is 1. The van der Waals surface area contributed by atoms with Crippen molar-refractivity contribution < 1.29 is 29.0 Å². The van der Waals surface area contributed by atoms with Gasteiger partial charge in [-0.05, 0) is 25.2 Å². The molecule has 20 heavy (non-hydrogen) atoms. The van der Waals surface area contributed by atoms with Crippen LogP contribution >= 0.6 is 7.60 Å². The van der Waals surface area contributed by atoms with Crippen molar-refractivity contribution in [2.24, 2.45) is 11.7 Å². The first-order chi connectivity index (χ1) is 9.04. The second kappa shape index (κ2) is 8.36. The fraction of sp³-hybridized carbons (Fsp3) is 0.818. The summed E-state index contributed by atoms with van der Waals surface area (Å²) in [6.45, 7) is 3.75. The molecule has 0 aromatic carbocycles. The predicted octanol–water partition coefficient (Wildman–Crippen LogP) is 0.235. The van der Waals surface area contributed by atoms with E-state index in [1.807, 2.05) is 13.8 Å². The van der Waals surface area contributed by atoms with Crippen LogP contribution in [0.4, 0.5) is 0 Å². The molecule has 0 saturated carbocycles. The number of carbonyl (C=O) groups is 2. The average Bonchev–Trinajstić information content (AvgIpc) is 2.24. The molecule has 8 nitrogen and oxygen atoms in total. The molecule has 0 radical (unpaired) electrons. The van der Waals surface area contributed by atoms with E-state index in [-0.39, 0.29) is 25.2 Å². The summed E-state index contributed by atoms with van der Waals surface area (Å²) in [5.41, 5.74) is 5.63. The lowest BCUT2D eigenvalue weighted by Gasteiger charge is -2.22. The van der Waals surface area contributed by atoms with Crippen molar-refractivity contribution in [3.8, 4) is 0 Å². The molecule has 0 saturated heterocycles. The fourth-order valence-corrected chi connectivity index (χ4v) is 2.47. The molecule has 0 bridgehead atoms. The molecule has 1 amide bonds. The zero-order valence-corrected chi connectivity index (χ0v) is 12.5. The third-order valence-electron chi connectivity index (χ3n) is 2.65. The van der Waals surface area contributed by atoms with Crippen LogP contribution in [0, 0.1) is 5.92 Å². The van der Waals surface area contributed by atoms with Gasteiger partial charge in [-0.1, -0.05) is 13.8 Å². The van der Waals surface area contributed by atoms with Crippen molar-refractivity contribution >= 4 is 19.5 Å². The molecule has 9 heteroatoms. The first kappa shape index (κ1) is 19.1. The van der Waals surface area contributed by atoms with E-state index in [9.17, 15) is 14.2 Å². The smallest absolute Gasteiger partial charge is 0.347 e. The van der Waals surface area contributed by atoms with Gasteiger partial charge in [0.1, 0.15) is 5.78 Å². The van der Waals surface area contributed by atoms with Crippen LogP contribution in [-0.4, -0.2) is 38.6 Å². The fourth-order valence-electron chi connectivity index (χ4n) is 1.66. The number of hydrogen-bond donors (Lipinski definition) is 5. The number of hydrogen-bond acceptors (Lipinski definition) is 4. The monoisotopic (exact) mass is 310 g/mol. The van der Waals surface area contributed by atoms with E-state index in [4.69, 9.17) is 20.6 Å². The molecule has 6 N–H and O–H groups in total. The van der Waals surface area contributed by atoms with E-state index in [0.717, 1.165) is 0 Å². The zero-order valence-electron chi connectivity index (χ0n) is 11.7. The van der Waals surface area contributed by atoms with Gasteiger partial charge >= 0.3 is 13.6 Å². The lowest BCUT2D eigenvalue weighted by molar-refractivity contribution is -0.137. The average molecular weight is 310 g/mol. The molecule has 0 spiro atoms. The SMILES string of the molecule is CC(C)C[C@H](N)C(=O)NC(CCCC(=O)O)P(=O)(O)O. The van der Waals surface area contributed by atoms with E-state index in [0.29, 0.717) is 6.42 Å². The van der Waals surface area contributed by atoms with Crippen LogP contribution in [0.3, 0.4) is 0 Å². The third kappa shape index (κ3) is 8.27. The van der Waals surface area contributed by atoms with Crippen LogP contribution in [0.1, 0.15) is 39.5 Å². The minimum atomic E-state index is -4.54. The molecule has 118 valence electrons. The molecule has 0 aliphatic rings. The predicted molar refractivity (Wildman–Crippen MR) is 72.9 cm³/mol. The number of carboxylic acid groups (broad SMARTS) is 1. The van der Waals surface area contributed by atoms with E-state index in [2.05, 4.69) is 5.32 Å². The molecule has 2 atom stereocenters. The Morgan fingerprint density at radius 2 is 1.85 bits per heavy atom. The second-order valence-corrected chi connectivity index (χ2v) is 6.94. The molecular formula is C11H23N2O6P. The van der Waals surface area contributed by atoms with Crippen LogP contribution in [0.5, 0.6) is 0 Å². The molecule has 0 heterocycles. The molecule has 0 aromatic rings. The molecule has 1 unspecified atom stereocenters. The number of carboxylic acids is 1. The topological polar surface area (TPSA) is 150 Å². The third-order valence-corrected chi connectivity index (χ3v) is 3.84. The Morgan fingerprint density at radius 1 is 1.30 bits per heavy atom. The highest BCUT2D eigenvalue weighted by molar-refractivity contribution is 7.52. The van der Waals surface area contributed by atoms with Crippen LogP contribution < -0.4 is 11.1 Å². The summed E-state index contributed by atoms with van der Waals surface area (Å²) in [5.74, 6) is -2.91. The Kier molecular flexibility index (Phi) is 7.96. The minimum absolute atomic E-state index is 0.0603. The summed E-state index contributed by atoms with van der Waals surface area (Å²) in [6.07, 6.45) is 0.126. The maximum atomic E-state index is 11.7. The van der Waals surface area contributed by atoms with Crippen LogP contribution in [0.15, 0.2) is 0 Å². The standard InChI is InChI=1S/C11H23N2O6P/c1-7(2)6-8(12)11(16)13-9(20(17,18)19)4-3-5-10(14)15/h7-9H,3-6,12H2,1-2H3,(H,13,16)(H,14,15)(H2,17,18,19)/t8-,9?/m0/s1. The molecule has 0 fully saturated rings. The molecule has 0 aromatic heterocycles. The van der Waals surface area contributed by atoms with Gasteiger partial charge in [-0.2, -0.15) is 0 Å². The first-order valence-corrected chi connectivity index (χ1v) is 8.05. The van der Waals surface area contributed by atoms with Crippen molar-refractivity contribution in [3.05, 3.63) is 0 Å². The van der Waals surface area contributed by atoms with Crippen molar-refractivity contribution in [2.45, 2.75) is 51.4 Å². The summed E-state index contributed by atoms with van der Waals surface area (Å²) >= 11 is 0. The lowest BCUT2D eigenvalue weighted by Crippen LogP contribution is -2.45. The number of rotatable bonds is 9. The number of nitrogens with one attached hydrogen (secondary N) is 1. The zero-order chi connectivity index (χ0) is 15.9. The Hall–Kier alpha value is -0.950.